The molecule has 0 atom stereocenters. The quantitative estimate of drug-likeness (QED) is 0.336. The maximum Gasteiger partial charge on any atom is 0.336 e. The van der Waals surface area contributed by atoms with Gasteiger partial charge in [0.05, 0.1) is 16.2 Å². The summed E-state index contributed by atoms with van der Waals surface area (Å²) >= 11 is 1.12. The number of hydrogen-bond donors (Lipinski definition) is 2. The van der Waals surface area contributed by atoms with Crippen molar-refractivity contribution < 1.29 is 19.6 Å². The molecule has 12 heteroatoms. The van der Waals surface area contributed by atoms with Crippen molar-refractivity contribution in [3.8, 4) is 11.4 Å². The number of anilines is 1. The van der Waals surface area contributed by atoms with E-state index in [1.807, 2.05) is 0 Å². The number of nitro benzene ring substituents is 1. The summed E-state index contributed by atoms with van der Waals surface area (Å²) in [5.41, 5.74) is 0.127. The van der Waals surface area contributed by atoms with Gasteiger partial charge in [-0.15, -0.1) is 10.2 Å². The third-order valence-corrected chi connectivity index (χ3v) is 4.79. The Hall–Kier alpha value is -3.80. The van der Waals surface area contributed by atoms with Crippen LogP contribution in [0, 0.1) is 10.1 Å². The number of non-ortho nitro benzene ring substituents is 1. The van der Waals surface area contributed by atoms with Gasteiger partial charge < -0.3 is 15.0 Å². The number of aromatic nitrogens is 4. The van der Waals surface area contributed by atoms with E-state index in [2.05, 4.69) is 20.5 Å². The largest absolute Gasteiger partial charge is 0.478 e. The Balaban J connectivity index is 1.69. The number of amides is 1. The third-order valence-electron chi connectivity index (χ3n) is 3.77. The highest BCUT2D eigenvalue weighted by atomic mass is 32.2. The summed E-state index contributed by atoms with van der Waals surface area (Å²) in [6, 6.07) is 6.74. The molecule has 2 aromatic heterocycles. The number of thioether (sulfide) groups is 1. The Morgan fingerprint density at radius 3 is 2.62 bits per heavy atom. The smallest absolute Gasteiger partial charge is 0.336 e. The van der Waals surface area contributed by atoms with Crippen molar-refractivity contribution in [1.29, 1.82) is 0 Å². The summed E-state index contributed by atoms with van der Waals surface area (Å²) in [5, 5.41) is 31.1. The molecule has 29 heavy (non-hydrogen) atoms. The second-order valence-electron chi connectivity index (χ2n) is 5.77. The fourth-order valence-corrected chi connectivity index (χ4v) is 3.14. The number of nitrogens with one attached hydrogen (secondary N) is 1. The van der Waals surface area contributed by atoms with Gasteiger partial charge in [0, 0.05) is 42.8 Å². The molecule has 0 aliphatic heterocycles. The SMILES string of the molecule is Cn1c(SCC(=O)Nc2cc(C(=O)O)cc([N+](=O)[O-])c2)nnc1-c1ccncc1. The first-order valence-electron chi connectivity index (χ1n) is 8.10. The van der Waals surface area contributed by atoms with E-state index in [1.54, 1.807) is 36.1 Å². The van der Waals surface area contributed by atoms with Crippen LogP contribution < -0.4 is 5.32 Å². The van der Waals surface area contributed by atoms with Crippen molar-refractivity contribution in [2.45, 2.75) is 5.16 Å². The summed E-state index contributed by atoms with van der Waals surface area (Å²) < 4.78 is 1.73. The number of pyridine rings is 1. The molecule has 0 spiro atoms. The molecule has 2 N–H and O–H groups in total. The van der Waals surface area contributed by atoms with E-state index in [4.69, 9.17) is 5.11 Å². The van der Waals surface area contributed by atoms with Gasteiger partial charge in [0.2, 0.25) is 5.91 Å². The second kappa shape index (κ2) is 8.48. The van der Waals surface area contributed by atoms with Crippen LogP contribution >= 0.6 is 11.8 Å². The number of aromatic carboxylic acids is 1. The van der Waals surface area contributed by atoms with Crippen LogP contribution in [0.4, 0.5) is 11.4 Å². The first-order valence-corrected chi connectivity index (χ1v) is 9.09. The molecule has 3 rings (SSSR count). The summed E-state index contributed by atoms with van der Waals surface area (Å²) in [6.45, 7) is 0. The van der Waals surface area contributed by atoms with Crippen molar-refractivity contribution in [2.75, 3.05) is 11.1 Å². The standard InChI is InChI=1S/C17H14N6O5S/c1-22-15(10-2-4-18-5-3-10)20-21-17(22)29-9-14(24)19-12-6-11(16(25)26)7-13(8-12)23(27)28/h2-8H,9H2,1H3,(H,19,24)(H,25,26). The van der Waals surface area contributed by atoms with Crippen molar-refractivity contribution >= 4 is 35.0 Å². The van der Waals surface area contributed by atoms with E-state index < -0.39 is 22.5 Å². The van der Waals surface area contributed by atoms with Crippen LogP contribution in [0.15, 0.2) is 47.9 Å². The zero-order valence-corrected chi connectivity index (χ0v) is 15.8. The van der Waals surface area contributed by atoms with Crippen molar-refractivity contribution in [1.82, 2.24) is 19.7 Å². The fraction of sp³-hybridized carbons (Fsp3) is 0.118. The molecule has 148 valence electrons. The van der Waals surface area contributed by atoms with Crippen LogP contribution in [0.5, 0.6) is 0 Å². The van der Waals surface area contributed by atoms with Crippen LogP contribution in [0.1, 0.15) is 10.4 Å². The monoisotopic (exact) mass is 414 g/mol. The normalized spacial score (nSPS) is 10.5. The predicted molar refractivity (Wildman–Crippen MR) is 104 cm³/mol. The number of rotatable bonds is 7. The lowest BCUT2D eigenvalue weighted by atomic mass is 10.1. The molecule has 0 aliphatic carbocycles. The Kier molecular flexibility index (Phi) is 5.83. The summed E-state index contributed by atoms with van der Waals surface area (Å²) in [5.74, 6) is -1.24. The highest BCUT2D eigenvalue weighted by molar-refractivity contribution is 7.99. The van der Waals surface area contributed by atoms with Crippen LogP contribution in [-0.2, 0) is 11.8 Å². The molecular formula is C17H14N6O5S. The fourth-order valence-electron chi connectivity index (χ4n) is 2.43. The van der Waals surface area contributed by atoms with Gasteiger partial charge >= 0.3 is 5.97 Å². The average Bonchev–Trinajstić information content (AvgIpc) is 3.07. The Morgan fingerprint density at radius 1 is 1.24 bits per heavy atom. The highest BCUT2D eigenvalue weighted by Gasteiger charge is 2.16. The lowest BCUT2D eigenvalue weighted by Gasteiger charge is -2.07. The number of carbonyl (C=O) groups is 2. The highest BCUT2D eigenvalue weighted by Crippen LogP contribution is 2.24. The molecule has 0 radical (unpaired) electrons. The zero-order chi connectivity index (χ0) is 21.0. The molecule has 0 bridgehead atoms. The molecular weight excluding hydrogens is 400 g/mol. The van der Waals surface area contributed by atoms with Gasteiger partial charge in [-0.05, 0) is 18.2 Å². The van der Waals surface area contributed by atoms with E-state index in [0.29, 0.717) is 11.0 Å². The molecule has 0 saturated carbocycles. The molecule has 1 aromatic carbocycles. The van der Waals surface area contributed by atoms with Gasteiger partial charge in [-0.1, -0.05) is 11.8 Å². The van der Waals surface area contributed by atoms with Crippen LogP contribution in [0.25, 0.3) is 11.4 Å². The molecule has 0 saturated heterocycles. The Labute approximate surface area is 167 Å². The number of carboxylic acid groups (broad SMARTS) is 1. The first-order chi connectivity index (χ1) is 13.8. The lowest BCUT2D eigenvalue weighted by molar-refractivity contribution is -0.384. The van der Waals surface area contributed by atoms with E-state index >= 15 is 0 Å². The van der Waals surface area contributed by atoms with Gasteiger partial charge in [0.1, 0.15) is 0 Å². The van der Waals surface area contributed by atoms with Gasteiger partial charge in [-0.25, -0.2) is 4.79 Å². The summed E-state index contributed by atoms with van der Waals surface area (Å²) in [4.78, 5) is 37.5. The van der Waals surface area contributed by atoms with E-state index in [9.17, 15) is 19.7 Å². The minimum atomic E-state index is -1.33. The maximum atomic E-state index is 12.2. The minimum Gasteiger partial charge on any atom is -0.478 e. The number of nitrogens with zero attached hydrogens (tertiary/aromatic N) is 5. The van der Waals surface area contributed by atoms with Crippen molar-refractivity contribution in [3.63, 3.8) is 0 Å². The number of nitro groups is 1. The van der Waals surface area contributed by atoms with Gasteiger partial charge in [-0.2, -0.15) is 0 Å². The number of carbonyl (C=O) groups excluding carboxylic acids is 1. The van der Waals surface area contributed by atoms with Crippen molar-refractivity contribution in [3.05, 3.63) is 58.4 Å². The van der Waals surface area contributed by atoms with Gasteiger partial charge in [0.25, 0.3) is 5.69 Å². The molecule has 0 aliphatic rings. The molecule has 2 heterocycles. The lowest BCUT2D eigenvalue weighted by Crippen LogP contribution is -2.15. The molecule has 11 nitrogen and oxygen atoms in total. The van der Waals surface area contributed by atoms with Crippen LogP contribution in [-0.4, -0.2) is 47.4 Å². The number of hydrogen-bond acceptors (Lipinski definition) is 8. The zero-order valence-electron chi connectivity index (χ0n) is 15.0. The van der Waals surface area contributed by atoms with E-state index in [0.717, 1.165) is 35.5 Å². The maximum absolute atomic E-state index is 12.2. The van der Waals surface area contributed by atoms with E-state index in [1.165, 1.54) is 0 Å². The third kappa shape index (κ3) is 4.73. The van der Waals surface area contributed by atoms with Gasteiger partial charge in [-0.3, -0.25) is 19.9 Å². The molecule has 0 unspecified atom stereocenters. The van der Waals surface area contributed by atoms with Crippen LogP contribution in [0.2, 0.25) is 0 Å². The first kappa shape index (κ1) is 19.9. The molecule has 0 fully saturated rings. The minimum absolute atomic E-state index is 0.0256. The van der Waals surface area contributed by atoms with Crippen molar-refractivity contribution in [2.24, 2.45) is 7.05 Å². The van der Waals surface area contributed by atoms with Crippen LogP contribution in [0.3, 0.4) is 0 Å². The number of carboxylic acids is 1. The Morgan fingerprint density at radius 2 is 1.97 bits per heavy atom. The summed E-state index contributed by atoms with van der Waals surface area (Å²) in [7, 11) is 1.76. The average molecular weight is 414 g/mol. The topological polar surface area (TPSA) is 153 Å². The van der Waals surface area contributed by atoms with E-state index in [-0.39, 0.29) is 17.0 Å². The predicted octanol–water partition coefficient (Wildman–Crippen LogP) is 2.21. The van der Waals surface area contributed by atoms with Gasteiger partial charge in [0.15, 0.2) is 11.0 Å². The number of benzene rings is 1. The molecule has 1 amide bonds. The Bertz CT molecular complexity index is 1050. The summed E-state index contributed by atoms with van der Waals surface area (Å²) in [6.07, 6.45) is 3.27. The molecule has 3 aromatic rings. The second-order valence-corrected chi connectivity index (χ2v) is 6.71.